The Balaban J connectivity index is 2.19. The van der Waals surface area contributed by atoms with Gasteiger partial charge in [0.15, 0.2) is 0 Å². The van der Waals surface area contributed by atoms with Crippen LogP contribution in [0, 0.1) is 0 Å². The molecule has 0 aliphatic rings. The fourth-order valence-corrected chi connectivity index (χ4v) is 2.06. The maximum absolute atomic E-state index is 12.8. The molecule has 1 N–H and O–H groups in total. The van der Waals surface area contributed by atoms with Gasteiger partial charge in [-0.15, -0.1) is 0 Å². The normalized spacial score (nSPS) is 12.8. The quantitative estimate of drug-likeness (QED) is 0.855. The maximum Gasteiger partial charge on any atom is 0.391 e. The monoisotopic (exact) mass is 295 g/mol. The summed E-state index contributed by atoms with van der Waals surface area (Å²) in [4.78, 5) is 0. The lowest BCUT2D eigenvalue weighted by molar-refractivity contribution is -0.137. The number of ether oxygens (including phenoxy) is 1. The highest BCUT2D eigenvalue weighted by molar-refractivity contribution is 5.48. The Kier molecular flexibility index (Phi) is 4.73. The maximum atomic E-state index is 12.8. The molecule has 0 fully saturated rings. The molecular formula is C16H16F3NO. The van der Waals surface area contributed by atoms with Crippen molar-refractivity contribution in [2.24, 2.45) is 0 Å². The van der Waals surface area contributed by atoms with Gasteiger partial charge in [0.25, 0.3) is 0 Å². The smallest absolute Gasteiger partial charge is 0.391 e. The largest absolute Gasteiger partial charge is 0.497 e. The van der Waals surface area contributed by atoms with Gasteiger partial charge in [-0.3, -0.25) is 0 Å². The molecule has 0 bridgehead atoms. The molecular weight excluding hydrogens is 279 g/mol. The zero-order chi connectivity index (χ0) is 15.3. The van der Waals surface area contributed by atoms with E-state index in [1.165, 1.54) is 0 Å². The van der Waals surface area contributed by atoms with E-state index in [0.717, 1.165) is 0 Å². The summed E-state index contributed by atoms with van der Waals surface area (Å²) in [5.74, 6) is 0.660. The molecule has 0 radical (unpaired) electrons. The van der Waals surface area contributed by atoms with Gasteiger partial charge in [-0.1, -0.05) is 30.3 Å². The lowest BCUT2D eigenvalue weighted by Gasteiger charge is -2.22. The van der Waals surface area contributed by atoms with E-state index < -0.39 is 18.6 Å². The Morgan fingerprint density at radius 2 is 1.62 bits per heavy atom. The van der Waals surface area contributed by atoms with Gasteiger partial charge in [0.1, 0.15) is 5.75 Å². The summed E-state index contributed by atoms with van der Waals surface area (Å²) in [6.07, 6.45) is -5.16. The van der Waals surface area contributed by atoms with Crippen molar-refractivity contribution in [2.45, 2.75) is 18.6 Å². The number of methoxy groups -OCH3 is 1. The van der Waals surface area contributed by atoms with Crippen molar-refractivity contribution < 1.29 is 17.9 Å². The zero-order valence-corrected chi connectivity index (χ0v) is 11.5. The molecule has 0 aromatic heterocycles. The van der Waals surface area contributed by atoms with Crippen LogP contribution < -0.4 is 10.1 Å². The molecule has 0 saturated heterocycles. The summed E-state index contributed by atoms with van der Waals surface area (Å²) in [5, 5.41) is 2.93. The summed E-state index contributed by atoms with van der Waals surface area (Å²) >= 11 is 0. The van der Waals surface area contributed by atoms with Crippen LogP contribution in [0.1, 0.15) is 18.0 Å². The van der Waals surface area contributed by atoms with Crippen molar-refractivity contribution in [3.05, 3.63) is 60.2 Å². The molecule has 0 aliphatic heterocycles. The van der Waals surface area contributed by atoms with Crippen LogP contribution in [-0.4, -0.2) is 13.3 Å². The van der Waals surface area contributed by atoms with Crippen LogP contribution in [-0.2, 0) is 0 Å². The first kappa shape index (κ1) is 15.2. The third kappa shape index (κ3) is 4.70. The van der Waals surface area contributed by atoms with Crippen LogP contribution in [0.4, 0.5) is 18.9 Å². The second-order valence-corrected chi connectivity index (χ2v) is 4.66. The van der Waals surface area contributed by atoms with Crippen molar-refractivity contribution in [3.63, 3.8) is 0 Å². The lowest BCUT2D eigenvalue weighted by Crippen LogP contribution is -2.20. The number of alkyl halides is 3. The number of hydrogen-bond donors (Lipinski definition) is 1. The van der Waals surface area contributed by atoms with E-state index in [-0.39, 0.29) is 0 Å². The molecule has 5 heteroatoms. The van der Waals surface area contributed by atoms with E-state index in [2.05, 4.69) is 5.32 Å². The first-order valence-corrected chi connectivity index (χ1v) is 6.50. The van der Waals surface area contributed by atoms with Crippen LogP contribution >= 0.6 is 0 Å². The Hall–Kier alpha value is -2.17. The second kappa shape index (κ2) is 6.52. The molecule has 0 heterocycles. The van der Waals surface area contributed by atoms with Gasteiger partial charge >= 0.3 is 6.18 Å². The molecule has 0 spiro atoms. The first-order valence-electron chi connectivity index (χ1n) is 6.50. The molecule has 112 valence electrons. The molecule has 2 aromatic rings. The van der Waals surface area contributed by atoms with E-state index >= 15 is 0 Å². The summed E-state index contributed by atoms with van der Waals surface area (Å²) in [5.41, 5.74) is 1.22. The van der Waals surface area contributed by atoms with Gasteiger partial charge in [-0.05, 0) is 29.8 Å². The summed E-state index contributed by atoms with van der Waals surface area (Å²) in [6, 6.07) is 14.6. The van der Waals surface area contributed by atoms with Gasteiger partial charge in [0.2, 0.25) is 0 Å². The molecule has 0 amide bonds. The fraction of sp³-hybridized carbons (Fsp3) is 0.250. The van der Waals surface area contributed by atoms with Crippen molar-refractivity contribution in [1.82, 2.24) is 0 Å². The second-order valence-electron chi connectivity index (χ2n) is 4.66. The summed E-state index contributed by atoms with van der Waals surface area (Å²) < 4.78 is 43.3. The number of halogens is 3. The van der Waals surface area contributed by atoms with Crippen LogP contribution in [0.3, 0.4) is 0 Å². The fourth-order valence-electron chi connectivity index (χ4n) is 2.06. The zero-order valence-electron chi connectivity index (χ0n) is 11.5. The average Bonchev–Trinajstić information content (AvgIpc) is 2.47. The van der Waals surface area contributed by atoms with E-state index in [4.69, 9.17) is 4.74 Å². The minimum atomic E-state index is -4.24. The van der Waals surface area contributed by atoms with E-state index in [9.17, 15) is 13.2 Å². The highest BCUT2D eigenvalue weighted by atomic mass is 19.4. The standard InChI is InChI=1S/C16H16F3NO/c1-21-14-9-7-13(8-10-14)20-15(11-16(17,18)19)12-5-3-2-4-6-12/h2-10,15,20H,11H2,1H3. The van der Waals surface area contributed by atoms with Crippen LogP contribution in [0.25, 0.3) is 0 Å². The Morgan fingerprint density at radius 1 is 1.00 bits per heavy atom. The molecule has 2 rings (SSSR count). The van der Waals surface area contributed by atoms with Gasteiger partial charge in [0.05, 0.1) is 19.6 Å². The molecule has 1 unspecified atom stereocenters. The van der Waals surface area contributed by atoms with Crippen LogP contribution in [0.15, 0.2) is 54.6 Å². The topological polar surface area (TPSA) is 21.3 Å². The van der Waals surface area contributed by atoms with Crippen molar-refractivity contribution in [3.8, 4) is 5.75 Å². The predicted molar refractivity (Wildman–Crippen MR) is 76.5 cm³/mol. The molecule has 21 heavy (non-hydrogen) atoms. The van der Waals surface area contributed by atoms with E-state index in [1.807, 2.05) is 0 Å². The highest BCUT2D eigenvalue weighted by Crippen LogP contribution is 2.32. The van der Waals surface area contributed by atoms with Crippen molar-refractivity contribution >= 4 is 5.69 Å². The third-order valence-corrected chi connectivity index (χ3v) is 3.07. The van der Waals surface area contributed by atoms with Crippen molar-refractivity contribution in [2.75, 3.05) is 12.4 Å². The number of nitrogens with one attached hydrogen (secondary N) is 1. The van der Waals surface area contributed by atoms with Gasteiger partial charge in [0, 0.05) is 5.69 Å². The Bertz CT molecular complexity index is 552. The molecule has 0 saturated carbocycles. The third-order valence-electron chi connectivity index (χ3n) is 3.07. The highest BCUT2D eigenvalue weighted by Gasteiger charge is 2.32. The van der Waals surface area contributed by atoms with Gasteiger partial charge < -0.3 is 10.1 Å². The summed E-state index contributed by atoms with van der Waals surface area (Å²) in [7, 11) is 1.54. The first-order chi connectivity index (χ1) is 9.98. The molecule has 0 aliphatic carbocycles. The summed E-state index contributed by atoms with van der Waals surface area (Å²) in [6.45, 7) is 0. The van der Waals surface area contributed by atoms with Crippen LogP contribution in [0.5, 0.6) is 5.75 Å². The van der Waals surface area contributed by atoms with Crippen LogP contribution in [0.2, 0.25) is 0 Å². The minimum Gasteiger partial charge on any atom is -0.497 e. The molecule has 1 atom stereocenters. The predicted octanol–water partition coefficient (Wildman–Crippen LogP) is 4.80. The number of benzene rings is 2. The average molecular weight is 295 g/mol. The minimum absolute atomic E-state index is 0.602. The van der Waals surface area contributed by atoms with E-state index in [1.54, 1.807) is 61.7 Å². The SMILES string of the molecule is COc1ccc(NC(CC(F)(F)F)c2ccccc2)cc1. The number of rotatable bonds is 5. The van der Waals surface area contributed by atoms with E-state index in [0.29, 0.717) is 17.0 Å². The number of hydrogen-bond acceptors (Lipinski definition) is 2. The Labute approximate surface area is 121 Å². The van der Waals surface area contributed by atoms with Crippen molar-refractivity contribution in [1.29, 1.82) is 0 Å². The van der Waals surface area contributed by atoms with Gasteiger partial charge in [-0.25, -0.2) is 0 Å². The van der Waals surface area contributed by atoms with Gasteiger partial charge in [-0.2, -0.15) is 13.2 Å². The molecule has 2 aromatic carbocycles. The lowest BCUT2D eigenvalue weighted by atomic mass is 10.0. The Morgan fingerprint density at radius 3 is 2.14 bits per heavy atom. The molecule has 2 nitrogen and oxygen atoms in total. The number of anilines is 1.